The second kappa shape index (κ2) is 8.27. The van der Waals surface area contributed by atoms with Gasteiger partial charge in [0.15, 0.2) is 11.4 Å². The van der Waals surface area contributed by atoms with Gasteiger partial charge in [-0.05, 0) is 35.9 Å². The molecule has 150 valence electrons. The maximum absolute atomic E-state index is 13.2. The maximum Gasteiger partial charge on any atom is 0.264 e. The summed E-state index contributed by atoms with van der Waals surface area (Å²) in [4.78, 5) is 27.5. The molecule has 0 saturated heterocycles. The van der Waals surface area contributed by atoms with Gasteiger partial charge in [-0.2, -0.15) is 0 Å². The number of aliphatic hydroxyl groups is 1. The summed E-state index contributed by atoms with van der Waals surface area (Å²) in [6.45, 7) is 0.294. The van der Waals surface area contributed by atoms with Gasteiger partial charge in [0.05, 0.1) is 12.1 Å². The molecule has 4 nitrogen and oxygen atoms in total. The molecule has 0 spiro atoms. The fraction of sp³-hybridized carbons (Fsp3) is 0.120. The van der Waals surface area contributed by atoms with Crippen LogP contribution < -0.4 is 4.90 Å². The minimum Gasteiger partial charge on any atom is -0.375 e. The highest BCUT2D eigenvalue weighted by Gasteiger charge is 2.50. The molecule has 1 atom stereocenters. The number of carbonyl (C=O) groups excluding carboxylic acids is 2. The number of benzene rings is 3. The highest BCUT2D eigenvalue weighted by Crippen LogP contribution is 2.42. The molecule has 1 aliphatic rings. The molecule has 3 aromatic carbocycles. The smallest absolute Gasteiger partial charge is 0.264 e. The van der Waals surface area contributed by atoms with Crippen molar-refractivity contribution in [3.8, 4) is 0 Å². The van der Waals surface area contributed by atoms with E-state index in [-0.39, 0.29) is 12.2 Å². The van der Waals surface area contributed by atoms with E-state index in [1.807, 2.05) is 48.6 Å². The van der Waals surface area contributed by atoms with Crippen LogP contribution >= 0.6 is 11.6 Å². The fourth-order valence-electron chi connectivity index (χ4n) is 3.69. The van der Waals surface area contributed by atoms with Crippen LogP contribution in [-0.4, -0.2) is 23.3 Å². The molecule has 1 unspecified atom stereocenters. The Morgan fingerprint density at radius 1 is 0.967 bits per heavy atom. The van der Waals surface area contributed by atoms with Crippen LogP contribution in [0.2, 0.25) is 5.02 Å². The van der Waals surface area contributed by atoms with Crippen LogP contribution in [0, 0.1) is 0 Å². The highest BCUT2D eigenvalue weighted by molar-refractivity contribution is 6.30. The second-order valence-electron chi connectivity index (χ2n) is 7.21. The minimum absolute atomic E-state index is 0.294. The first-order valence-electron chi connectivity index (χ1n) is 9.63. The van der Waals surface area contributed by atoms with E-state index in [0.717, 1.165) is 5.56 Å². The molecule has 3 aromatic rings. The second-order valence-corrected chi connectivity index (χ2v) is 7.65. The molecule has 30 heavy (non-hydrogen) atoms. The quantitative estimate of drug-likeness (QED) is 0.582. The predicted molar refractivity (Wildman–Crippen MR) is 119 cm³/mol. The molecule has 0 aromatic heterocycles. The number of Topliss-reactive ketones (excluding diaryl/α,β-unsaturated/α-hetero) is 1. The number of hydrogen-bond donors (Lipinski definition) is 1. The lowest BCUT2D eigenvalue weighted by Crippen LogP contribution is -2.41. The van der Waals surface area contributed by atoms with Crippen LogP contribution in [0.25, 0.3) is 6.08 Å². The van der Waals surface area contributed by atoms with Gasteiger partial charge in [-0.1, -0.05) is 72.3 Å². The van der Waals surface area contributed by atoms with E-state index in [9.17, 15) is 14.7 Å². The Morgan fingerprint density at radius 3 is 2.37 bits per heavy atom. The van der Waals surface area contributed by atoms with Gasteiger partial charge in [-0.15, -0.1) is 0 Å². The van der Waals surface area contributed by atoms with Crippen molar-refractivity contribution in [1.29, 1.82) is 0 Å². The molecule has 0 radical (unpaired) electrons. The third kappa shape index (κ3) is 3.80. The molecule has 0 aliphatic carbocycles. The Balaban J connectivity index is 1.59. The average Bonchev–Trinajstić information content (AvgIpc) is 2.97. The van der Waals surface area contributed by atoms with Gasteiger partial charge in [-0.3, -0.25) is 9.59 Å². The summed E-state index contributed by atoms with van der Waals surface area (Å²) in [5, 5.41) is 11.8. The third-order valence-electron chi connectivity index (χ3n) is 5.22. The van der Waals surface area contributed by atoms with E-state index in [1.165, 1.54) is 4.90 Å². The number of fused-ring (bicyclic) bond motifs is 1. The molecule has 4 rings (SSSR count). The molecule has 1 amide bonds. The Bertz CT molecular complexity index is 1110. The van der Waals surface area contributed by atoms with Crippen LogP contribution in [0.5, 0.6) is 0 Å². The topological polar surface area (TPSA) is 57.6 Å². The Kier molecular flexibility index (Phi) is 5.53. The third-order valence-corrected chi connectivity index (χ3v) is 5.47. The first kappa shape index (κ1) is 20.1. The summed E-state index contributed by atoms with van der Waals surface area (Å²) in [6.07, 6.45) is 3.46. The van der Waals surface area contributed by atoms with Crippen LogP contribution in [-0.2, 0) is 10.4 Å². The van der Waals surface area contributed by atoms with Crippen molar-refractivity contribution < 1.29 is 14.7 Å². The number of rotatable bonds is 6. The first-order valence-corrected chi connectivity index (χ1v) is 10.0. The number of amides is 1. The van der Waals surface area contributed by atoms with Gasteiger partial charge < -0.3 is 10.0 Å². The van der Waals surface area contributed by atoms with E-state index < -0.39 is 11.5 Å². The number of carbonyl (C=O) groups is 2. The van der Waals surface area contributed by atoms with E-state index in [4.69, 9.17) is 11.6 Å². The van der Waals surface area contributed by atoms with Crippen molar-refractivity contribution in [1.82, 2.24) is 0 Å². The average molecular weight is 418 g/mol. The molecule has 1 aliphatic heterocycles. The van der Waals surface area contributed by atoms with E-state index in [2.05, 4.69) is 0 Å². The zero-order chi connectivity index (χ0) is 21.1. The summed E-state index contributed by atoms with van der Waals surface area (Å²) < 4.78 is 0. The molecule has 1 N–H and O–H groups in total. The first-order chi connectivity index (χ1) is 14.5. The SMILES string of the molecule is O=C(CC1(O)C(=O)N(C/C=C/c2ccccc2)c2ccccc21)c1ccc(Cl)cc1. The van der Waals surface area contributed by atoms with Crippen molar-refractivity contribution >= 4 is 35.1 Å². The number of anilines is 1. The number of nitrogens with zero attached hydrogens (tertiary/aromatic N) is 1. The van der Waals surface area contributed by atoms with Crippen molar-refractivity contribution in [2.24, 2.45) is 0 Å². The van der Waals surface area contributed by atoms with Gasteiger partial charge >= 0.3 is 0 Å². The number of hydrogen-bond acceptors (Lipinski definition) is 3. The van der Waals surface area contributed by atoms with E-state index >= 15 is 0 Å². The zero-order valence-electron chi connectivity index (χ0n) is 16.2. The zero-order valence-corrected chi connectivity index (χ0v) is 16.9. The van der Waals surface area contributed by atoms with Gasteiger partial charge in [0.25, 0.3) is 5.91 Å². The Labute approximate surface area is 180 Å². The lowest BCUT2D eigenvalue weighted by Gasteiger charge is -2.22. The number of para-hydroxylation sites is 1. The van der Waals surface area contributed by atoms with Gasteiger partial charge in [0.1, 0.15) is 0 Å². The largest absolute Gasteiger partial charge is 0.375 e. The molecular weight excluding hydrogens is 398 g/mol. The van der Waals surface area contributed by atoms with Crippen LogP contribution in [0.1, 0.15) is 27.9 Å². The monoisotopic (exact) mass is 417 g/mol. The number of halogens is 1. The van der Waals surface area contributed by atoms with Gasteiger partial charge in [0, 0.05) is 22.7 Å². The van der Waals surface area contributed by atoms with Gasteiger partial charge in [0.2, 0.25) is 0 Å². The molecule has 5 heteroatoms. The molecule has 0 fully saturated rings. The summed E-state index contributed by atoms with van der Waals surface area (Å²) in [7, 11) is 0. The van der Waals surface area contributed by atoms with Crippen molar-refractivity contribution in [2.45, 2.75) is 12.0 Å². The van der Waals surface area contributed by atoms with Crippen molar-refractivity contribution in [3.63, 3.8) is 0 Å². The summed E-state index contributed by atoms with van der Waals surface area (Å²) in [6, 6.07) is 23.2. The summed E-state index contributed by atoms with van der Waals surface area (Å²) in [5.74, 6) is -0.817. The van der Waals surface area contributed by atoms with Crippen molar-refractivity contribution in [2.75, 3.05) is 11.4 Å². The normalized spacial score (nSPS) is 18.1. The van der Waals surface area contributed by atoms with Crippen LogP contribution in [0.3, 0.4) is 0 Å². The lowest BCUT2D eigenvalue weighted by atomic mass is 9.88. The van der Waals surface area contributed by atoms with E-state index in [0.29, 0.717) is 28.4 Å². The molecule has 0 bridgehead atoms. The van der Waals surface area contributed by atoms with Crippen LogP contribution in [0.4, 0.5) is 5.69 Å². The minimum atomic E-state index is -1.89. The fourth-order valence-corrected chi connectivity index (χ4v) is 3.81. The maximum atomic E-state index is 13.2. The number of ketones is 1. The molecule has 1 heterocycles. The predicted octanol–water partition coefficient (Wildman–Crippen LogP) is 4.86. The lowest BCUT2D eigenvalue weighted by molar-refractivity contribution is -0.135. The van der Waals surface area contributed by atoms with Crippen molar-refractivity contribution in [3.05, 3.63) is 107 Å². The van der Waals surface area contributed by atoms with E-state index in [1.54, 1.807) is 42.5 Å². The highest BCUT2D eigenvalue weighted by atomic mass is 35.5. The van der Waals surface area contributed by atoms with Gasteiger partial charge in [-0.25, -0.2) is 0 Å². The standard InChI is InChI=1S/C25H20ClNO3/c26-20-14-12-19(13-15-20)23(28)17-25(30)21-10-4-5-11-22(21)27(24(25)29)16-6-9-18-7-2-1-3-8-18/h1-15,30H,16-17H2/b9-6+. The molecule has 0 saturated carbocycles. The Morgan fingerprint density at radius 2 is 1.63 bits per heavy atom. The Hall–Kier alpha value is -3.21. The summed E-state index contributed by atoms with van der Waals surface area (Å²) in [5.41, 5.74) is 0.594. The van der Waals surface area contributed by atoms with Crippen LogP contribution in [0.15, 0.2) is 84.9 Å². The molecular formula is C25H20ClNO3. The summed E-state index contributed by atoms with van der Waals surface area (Å²) >= 11 is 5.89.